The number of aliphatic hydroxyl groups is 1. The number of benzene rings is 2. The molecule has 6 unspecified atom stereocenters. The summed E-state index contributed by atoms with van der Waals surface area (Å²) in [4.78, 5) is 25.2. The van der Waals surface area contributed by atoms with Gasteiger partial charge in [0.05, 0.1) is 32.2 Å². The average Bonchev–Trinajstić information content (AvgIpc) is 3.53. The molecule has 4 N–H and O–H groups in total. The lowest BCUT2D eigenvalue weighted by Crippen LogP contribution is -2.39. The van der Waals surface area contributed by atoms with E-state index < -0.39 is 56.3 Å². The molecule has 5 rings (SSSR count). The quantitative estimate of drug-likeness (QED) is 0.159. The third-order valence-corrected chi connectivity index (χ3v) is 8.94. The van der Waals surface area contributed by atoms with Crippen molar-refractivity contribution in [2.45, 2.75) is 58.3 Å². The van der Waals surface area contributed by atoms with E-state index in [9.17, 15) is 19.7 Å². The summed E-state index contributed by atoms with van der Waals surface area (Å²) in [5.41, 5.74) is 4.79. The maximum atomic E-state index is 14.3. The van der Waals surface area contributed by atoms with Gasteiger partial charge in [-0.05, 0) is 39.1 Å². The Balaban J connectivity index is 1.44. The van der Waals surface area contributed by atoms with Gasteiger partial charge < -0.3 is 29.6 Å². The van der Waals surface area contributed by atoms with E-state index in [0.29, 0.717) is 5.39 Å². The molecule has 0 spiro atoms. The largest absolute Gasteiger partial charge is 0.479 e. The summed E-state index contributed by atoms with van der Waals surface area (Å²) in [6, 6.07) is 13.5. The number of aromatic nitrogens is 4. The summed E-state index contributed by atoms with van der Waals surface area (Å²) in [6.45, 7) is 5.85. The third-order valence-electron chi connectivity index (χ3n) is 7.31. The number of carbonyl (C=O) groups is 1. The summed E-state index contributed by atoms with van der Waals surface area (Å²) in [7, 11) is -2.96. The van der Waals surface area contributed by atoms with Gasteiger partial charge in [0.25, 0.3) is 0 Å². The highest BCUT2D eigenvalue weighted by atomic mass is 31.2. The number of nitriles is 1. The summed E-state index contributed by atoms with van der Waals surface area (Å²) in [5.74, 6) is -0.415. The van der Waals surface area contributed by atoms with E-state index in [-0.39, 0.29) is 28.7 Å². The third kappa shape index (κ3) is 6.28. The minimum Gasteiger partial charge on any atom is -0.479 e. The van der Waals surface area contributed by atoms with Gasteiger partial charge in [-0.2, -0.15) is 20.3 Å². The Labute approximate surface area is 258 Å². The van der Waals surface area contributed by atoms with Gasteiger partial charge in [0.15, 0.2) is 17.4 Å². The highest BCUT2D eigenvalue weighted by molar-refractivity contribution is 7.52. The van der Waals surface area contributed by atoms with Crippen LogP contribution in [0.1, 0.15) is 33.9 Å². The molecular formula is C29H34N7O8P. The zero-order valence-corrected chi connectivity index (χ0v) is 26.2. The molecule has 1 aliphatic heterocycles. The van der Waals surface area contributed by atoms with Crippen molar-refractivity contribution in [2.24, 2.45) is 5.41 Å². The summed E-state index contributed by atoms with van der Waals surface area (Å²) in [5, 5.41) is 25.6. The Bertz CT molecular complexity index is 1810. The van der Waals surface area contributed by atoms with Crippen LogP contribution in [0.5, 0.6) is 11.6 Å². The smallest absolute Gasteiger partial charge is 0.459 e. The Morgan fingerprint density at radius 1 is 1.24 bits per heavy atom. The van der Waals surface area contributed by atoms with Gasteiger partial charge in [-0.1, -0.05) is 36.4 Å². The van der Waals surface area contributed by atoms with Crippen molar-refractivity contribution in [3.05, 3.63) is 48.8 Å². The number of methoxy groups -OCH3 is 1. The topological polar surface area (TPSA) is 206 Å². The van der Waals surface area contributed by atoms with Gasteiger partial charge in [0.1, 0.15) is 29.4 Å². The fourth-order valence-electron chi connectivity index (χ4n) is 5.03. The minimum atomic E-state index is -4.36. The van der Waals surface area contributed by atoms with Crippen LogP contribution in [-0.4, -0.2) is 68.7 Å². The number of nitrogens with two attached hydrogens (primary N) is 1. The number of hydrogen-bond acceptors (Lipinski definition) is 13. The van der Waals surface area contributed by atoms with Crippen molar-refractivity contribution in [1.29, 1.82) is 5.26 Å². The first-order chi connectivity index (χ1) is 21.4. The number of esters is 1. The number of anilines is 1. The second-order valence-corrected chi connectivity index (χ2v) is 12.7. The van der Waals surface area contributed by atoms with Crippen LogP contribution in [0.4, 0.5) is 5.95 Å². The van der Waals surface area contributed by atoms with Gasteiger partial charge in [-0.3, -0.25) is 13.9 Å². The molecular weight excluding hydrogens is 605 g/mol. The van der Waals surface area contributed by atoms with E-state index in [1.165, 1.54) is 31.9 Å². The monoisotopic (exact) mass is 639 g/mol. The van der Waals surface area contributed by atoms with Crippen LogP contribution >= 0.6 is 7.75 Å². The maximum absolute atomic E-state index is 14.3. The van der Waals surface area contributed by atoms with E-state index in [1.807, 2.05) is 18.2 Å². The second kappa shape index (κ2) is 12.6. The zero-order chi connectivity index (χ0) is 32.5. The lowest BCUT2D eigenvalue weighted by atomic mass is 9.84. The van der Waals surface area contributed by atoms with Gasteiger partial charge in [-0.15, -0.1) is 0 Å². The molecule has 1 aliphatic rings. The molecule has 6 atom stereocenters. The number of fused-ring (bicyclic) bond motifs is 2. The van der Waals surface area contributed by atoms with Gasteiger partial charge in [0.2, 0.25) is 11.8 Å². The number of aliphatic hydroxyl groups excluding tert-OH is 1. The number of nitrogen functional groups attached to an aromatic ring is 1. The minimum absolute atomic E-state index is 0.0964. The highest BCUT2D eigenvalue weighted by Crippen LogP contribution is 2.50. The number of rotatable bonds is 11. The molecule has 45 heavy (non-hydrogen) atoms. The van der Waals surface area contributed by atoms with Crippen molar-refractivity contribution >= 4 is 41.6 Å². The standard InChI is InChI=1S/C29H34N7O8P/c1-16(2)42-26(38)17(3)35-45(39,44-20-12-8-10-18-9-6-7-11-19(18)20)41-13-21-23(37)29(4,14-30)27(43-21)36-15-32-22-24(36)33-28(31)34-25(22)40-5/h6-12,15-17,21,23,27,37H,13H2,1-5H3,(H,35,39)(H2,31,33,34). The van der Waals surface area contributed by atoms with Crippen LogP contribution in [0.2, 0.25) is 0 Å². The van der Waals surface area contributed by atoms with Crippen LogP contribution < -0.4 is 20.1 Å². The number of hydrogen-bond donors (Lipinski definition) is 3. The molecule has 0 bridgehead atoms. The second-order valence-electron chi connectivity index (χ2n) is 11.0. The molecule has 0 saturated carbocycles. The molecule has 0 radical (unpaired) electrons. The molecule has 238 valence electrons. The van der Waals surface area contributed by atoms with Crippen LogP contribution in [0.15, 0.2) is 48.8 Å². The molecule has 15 nitrogen and oxygen atoms in total. The van der Waals surface area contributed by atoms with Crippen LogP contribution in [-0.2, 0) is 23.4 Å². The van der Waals surface area contributed by atoms with Gasteiger partial charge >= 0.3 is 13.7 Å². The first-order valence-corrected chi connectivity index (χ1v) is 15.6. The molecule has 1 fully saturated rings. The van der Waals surface area contributed by atoms with E-state index in [0.717, 1.165) is 5.39 Å². The number of nitrogens with zero attached hydrogens (tertiary/aromatic N) is 5. The Morgan fingerprint density at radius 3 is 2.69 bits per heavy atom. The number of ether oxygens (including phenoxy) is 3. The molecule has 3 heterocycles. The molecule has 4 aromatic rings. The lowest BCUT2D eigenvalue weighted by Gasteiger charge is -2.26. The van der Waals surface area contributed by atoms with Crippen LogP contribution in [0.3, 0.4) is 0 Å². The lowest BCUT2D eigenvalue weighted by molar-refractivity contribution is -0.149. The van der Waals surface area contributed by atoms with E-state index >= 15 is 0 Å². The van der Waals surface area contributed by atoms with Crippen molar-refractivity contribution in [3.8, 4) is 17.7 Å². The highest BCUT2D eigenvalue weighted by Gasteiger charge is 2.56. The predicted octanol–water partition coefficient (Wildman–Crippen LogP) is 3.49. The summed E-state index contributed by atoms with van der Waals surface area (Å²) in [6.07, 6.45) is -2.78. The zero-order valence-electron chi connectivity index (χ0n) is 25.3. The van der Waals surface area contributed by atoms with E-state index in [1.54, 1.807) is 38.1 Å². The maximum Gasteiger partial charge on any atom is 0.459 e. The predicted molar refractivity (Wildman–Crippen MR) is 162 cm³/mol. The Morgan fingerprint density at radius 2 is 1.98 bits per heavy atom. The molecule has 16 heteroatoms. The number of nitrogens with one attached hydrogen (secondary N) is 1. The number of carbonyl (C=O) groups excluding carboxylic acids is 1. The summed E-state index contributed by atoms with van der Waals surface area (Å²) >= 11 is 0. The van der Waals surface area contributed by atoms with Gasteiger partial charge in [-0.25, -0.2) is 9.55 Å². The summed E-state index contributed by atoms with van der Waals surface area (Å²) < 4.78 is 44.2. The SMILES string of the molecule is COc1nc(N)nc2c1ncn2C1OC(COP(=O)(NC(C)C(=O)OC(C)C)Oc2cccc3ccccc23)C(O)C1(C)C#N. The van der Waals surface area contributed by atoms with Crippen LogP contribution in [0, 0.1) is 16.7 Å². The first-order valence-electron chi connectivity index (χ1n) is 14.1. The fourth-order valence-corrected chi connectivity index (χ4v) is 6.55. The van der Waals surface area contributed by atoms with E-state index in [4.69, 9.17) is 29.0 Å². The fraction of sp³-hybridized carbons (Fsp3) is 0.414. The first kappa shape index (κ1) is 32.1. The molecule has 0 amide bonds. The van der Waals surface area contributed by atoms with E-state index in [2.05, 4.69) is 26.1 Å². The van der Waals surface area contributed by atoms with Crippen molar-refractivity contribution in [3.63, 3.8) is 0 Å². The Hall–Kier alpha value is -4.32. The average molecular weight is 640 g/mol. The molecule has 2 aromatic carbocycles. The number of imidazole rings is 1. The normalized spacial score (nSPS) is 23.5. The van der Waals surface area contributed by atoms with Gasteiger partial charge in [0, 0.05) is 5.39 Å². The molecule has 1 saturated heterocycles. The van der Waals surface area contributed by atoms with Crippen molar-refractivity contribution in [2.75, 3.05) is 19.5 Å². The van der Waals surface area contributed by atoms with Crippen LogP contribution in [0.25, 0.3) is 21.9 Å². The van der Waals surface area contributed by atoms with Crippen molar-refractivity contribution < 1.29 is 37.7 Å². The van der Waals surface area contributed by atoms with Crippen molar-refractivity contribution in [1.82, 2.24) is 24.6 Å². The molecule has 2 aromatic heterocycles. The molecule has 0 aliphatic carbocycles. The Kier molecular flexibility index (Phi) is 8.97.